The van der Waals surface area contributed by atoms with E-state index in [0.29, 0.717) is 17.0 Å². The standard InChI is InChI=1S/C27H33F3/c28-25-16-14-23(18-27(25)30)24-15-13-22(17-26(24)29)21-11-9-20(10-12-21)8-4-3-7-19-5-1-2-6-19/h13-21H,1-12H2. The Labute approximate surface area is 178 Å². The van der Waals surface area contributed by atoms with Crippen LogP contribution in [0.1, 0.15) is 88.5 Å². The number of benzene rings is 2. The Balaban J connectivity index is 1.27. The van der Waals surface area contributed by atoms with Gasteiger partial charge in [-0.1, -0.05) is 69.6 Å². The number of rotatable bonds is 7. The van der Waals surface area contributed by atoms with E-state index < -0.39 is 11.6 Å². The van der Waals surface area contributed by atoms with Crippen molar-refractivity contribution in [3.63, 3.8) is 0 Å². The molecule has 4 rings (SSSR count). The lowest BCUT2D eigenvalue weighted by atomic mass is 9.76. The molecular formula is C27H33F3. The number of hydrogen-bond donors (Lipinski definition) is 0. The number of unbranched alkanes of at least 4 members (excludes halogenated alkanes) is 1. The highest BCUT2D eigenvalue weighted by Crippen LogP contribution is 2.39. The average Bonchev–Trinajstić information content (AvgIpc) is 3.27. The molecule has 2 aromatic carbocycles. The first-order valence-electron chi connectivity index (χ1n) is 11.8. The van der Waals surface area contributed by atoms with Crippen LogP contribution in [0, 0.1) is 29.3 Å². The van der Waals surface area contributed by atoms with Crippen LogP contribution in [-0.4, -0.2) is 0 Å². The van der Waals surface area contributed by atoms with Crippen molar-refractivity contribution in [2.24, 2.45) is 11.8 Å². The van der Waals surface area contributed by atoms with Gasteiger partial charge in [0.25, 0.3) is 0 Å². The van der Waals surface area contributed by atoms with E-state index in [2.05, 4.69) is 0 Å². The lowest BCUT2D eigenvalue weighted by Crippen LogP contribution is -2.13. The van der Waals surface area contributed by atoms with Crippen LogP contribution in [0.2, 0.25) is 0 Å². The van der Waals surface area contributed by atoms with E-state index in [1.807, 2.05) is 6.07 Å². The lowest BCUT2D eigenvalue weighted by Gasteiger charge is -2.29. The van der Waals surface area contributed by atoms with Crippen molar-refractivity contribution in [2.75, 3.05) is 0 Å². The monoisotopic (exact) mass is 414 g/mol. The molecule has 0 atom stereocenters. The highest BCUT2D eigenvalue weighted by atomic mass is 19.2. The summed E-state index contributed by atoms with van der Waals surface area (Å²) in [5.41, 5.74) is 1.74. The van der Waals surface area contributed by atoms with Gasteiger partial charge in [-0.25, -0.2) is 13.2 Å². The maximum Gasteiger partial charge on any atom is 0.159 e. The van der Waals surface area contributed by atoms with E-state index in [-0.39, 0.29) is 5.82 Å². The summed E-state index contributed by atoms with van der Waals surface area (Å²) in [5, 5.41) is 0. The first-order chi connectivity index (χ1) is 14.6. The van der Waals surface area contributed by atoms with Crippen LogP contribution >= 0.6 is 0 Å². The van der Waals surface area contributed by atoms with Gasteiger partial charge in [0.1, 0.15) is 5.82 Å². The molecule has 0 N–H and O–H groups in total. The summed E-state index contributed by atoms with van der Waals surface area (Å²) >= 11 is 0. The third kappa shape index (κ3) is 5.28. The quantitative estimate of drug-likeness (QED) is 0.397. The Kier molecular flexibility index (Phi) is 7.17. The normalized spacial score (nSPS) is 22.5. The predicted octanol–water partition coefficient (Wildman–Crippen LogP) is 8.80. The molecule has 30 heavy (non-hydrogen) atoms. The molecule has 0 unspecified atom stereocenters. The fraction of sp³-hybridized carbons (Fsp3) is 0.556. The Bertz CT molecular complexity index is 830. The van der Waals surface area contributed by atoms with Crippen molar-refractivity contribution in [3.05, 3.63) is 59.4 Å². The van der Waals surface area contributed by atoms with Crippen LogP contribution in [0.4, 0.5) is 13.2 Å². The van der Waals surface area contributed by atoms with Crippen molar-refractivity contribution < 1.29 is 13.2 Å². The summed E-state index contributed by atoms with van der Waals surface area (Å²) in [5.74, 6) is 0.0329. The highest BCUT2D eigenvalue weighted by Gasteiger charge is 2.23. The molecule has 0 radical (unpaired) electrons. The van der Waals surface area contributed by atoms with Crippen LogP contribution in [0.5, 0.6) is 0 Å². The highest BCUT2D eigenvalue weighted by molar-refractivity contribution is 5.64. The molecular weight excluding hydrogens is 381 g/mol. The minimum Gasteiger partial charge on any atom is -0.206 e. The average molecular weight is 415 g/mol. The van der Waals surface area contributed by atoms with Gasteiger partial charge in [-0.3, -0.25) is 0 Å². The number of halogens is 3. The second kappa shape index (κ2) is 10.0. The second-order valence-electron chi connectivity index (χ2n) is 9.52. The molecule has 162 valence electrons. The molecule has 2 aliphatic rings. The zero-order valence-corrected chi connectivity index (χ0v) is 17.8. The topological polar surface area (TPSA) is 0 Å². The first-order valence-corrected chi connectivity index (χ1v) is 11.8. The van der Waals surface area contributed by atoms with Crippen molar-refractivity contribution in [1.82, 2.24) is 0 Å². The van der Waals surface area contributed by atoms with Gasteiger partial charge in [-0.15, -0.1) is 0 Å². The van der Waals surface area contributed by atoms with E-state index >= 15 is 0 Å². The molecule has 0 nitrogen and oxygen atoms in total. The summed E-state index contributed by atoms with van der Waals surface area (Å²) in [6.45, 7) is 0. The lowest BCUT2D eigenvalue weighted by molar-refractivity contribution is 0.298. The van der Waals surface area contributed by atoms with Crippen LogP contribution in [-0.2, 0) is 0 Å². The Morgan fingerprint density at radius 1 is 0.633 bits per heavy atom. The number of hydrogen-bond acceptors (Lipinski definition) is 0. The summed E-state index contributed by atoms with van der Waals surface area (Å²) < 4.78 is 41.4. The Hall–Kier alpha value is -1.77. The molecule has 0 aliphatic heterocycles. The van der Waals surface area contributed by atoms with Gasteiger partial charge >= 0.3 is 0 Å². The summed E-state index contributed by atoms with van der Waals surface area (Å²) in [6.07, 6.45) is 16.0. The third-order valence-electron chi connectivity index (χ3n) is 7.49. The SMILES string of the molecule is Fc1ccc(-c2ccc(C3CCC(CCCCC4CCCC4)CC3)cc2F)cc1F. The largest absolute Gasteiger partial charge is 0.206 e. The fourth-order valence-electron chi connectivity index (χ4n) is 5.63. The van der Waals surface area contributed by atoms with Gasteiger partial charge in [0.05, 0.1) is 0 Å². The molecule has 0 heterocycles. The van der Waals surface area contributed by atoms with Gasteiger partial charge in [-0.05, 0) is 72.8 Å². The third-order valence-corrected chi connectivity index (χ3v) is 7.49. The molecule has 0 amide bonds. The molecule has 0 aromatic heterocycles. The molecule has 3 heteroatoms. The Morgan fingerprint density at radius 3 is 1.93 bits per heavy atom. The maximum atomic E-state index is 14.7. The molecule has 0 bridgehead atoms. The summed E-state index contributed by atoms with van der Waals surface area (Å²) in [6, 6.07) is 8.81. The van der Waals surface area contributed by atoms with Crippen LogP contribution in [0.25, 0.3) is 11.1 Å². The van der Waals surface area contributed by atoms with E-state index in [4.69, 9.17) is 0 Å². The van der Waals surface area contributed by atoms with Crippen molar-refractivity contribution in [1.29, 1.82) is 0 Å². The van der Waals surface area contributed by atoms with E-state index in [0.717, 1.165) is 42.4 Å². The molecule has 0 spiro atoms. The van der Waals surface area contributed by atoms with Gasteiger partial charge in [0.2, 0.25) is 0 Å². The van der Waals surface area contributed by atoms with Gasteiger partial charge < -0.3 is 0 Å². The second-order valence-corrected chi connectivity index (χ2v) is 9.52. The Morgan fingerprint density at radius 2 is 1.30 bits per heavy atom. The molecule has 2 fully saturated rings. The minimum absolute atomic E-state index is 0.327. The van der Waals surface area contributed by atoms with Gasteiger partial charge in [0, 0.05) is 5.56 Å². The molecule has 2 aliphatic carbocycles. The van der Waals surface area contributed by atoms with Gasteiger partial charge in [0.15, 0.2) is 11.6 Å². The van der Waals surface area contributed by atoms with Gasteiger partial charge in [-0.2, -0.15) is 0 Å². The van der Waals surface area contributed by atoms with E-state index in [1.165, 1.54) is 70.3 Å². The van der Waals surface area contributed by atoms with E-state index in [9.17, 15) is 13.2 Å². The molecule has 0 saturated heterocycles. The van der Waals surface area contributed by atoms with Crippen molar-refractivity contribution >= 4 is 0 Å². The summed E-state index contributed by atoms with van der Waals surface area (Å²) in [7, 11) is 0. The van der Waals surface area contributed by atoms with Crippen molar-refractivity contribution in [3.8, 4) is 11.1 Å². The maximum absolute atomic E-state index is 14.7. The summed E-state index contributed by atoms with van der Waals surface area (Å²) in [4.78, 5) is 0. The van der Waals surface area contributed by atoms with Crippen LogP contribution in [0.3, 0.4) is 0 Å². The molecule has 2 saturated carbocycles. The predicted molar refractivity (Wildman–Crippen MR) is 117 cm³/mol. The zero-order valence-electron chi connectivity index (χ0n) is 17.8. The van der Waals surface area contributed by atoms with Crippen LogP contribution < -0.4 is 0 Å². The van der Waals surface area contributed by atoms with Crippen LogP contribution in [0.15, 0.2) is 36.4 Å². The molecule has 2 aromatic rings. The zero-order chi connectivity index (χ0) is 20.9. The first kappa shape index (κ1) is 21.5. The smallest absolute Gasteiger partial charge is 0.159 e. The minimum atomic E-state index is -0.947. The van der Waals surface area contributed by atoms with Crippen molar-refractivity contribution in [2.45, 2.75) is 83.0 Å². The fourth-order valence-corrected chi connectivity index (χ4v) is 5.63. The van der Waals surface area contributed by atoms with E-state index in [1.54, 1.807) is 12.1 Å².